The topological polar surface area (TPSA) is 135 Å². The van der Waals surface area contributed by atoms with Crippen LogP contribution < -0.4 is 26.6 Å². The molecule has 0 spiro atoms. The van der Waals surface area contributed by atoms with Gasteiger partial charge in [0.2, 0.25) is 11.8 Å². The number of piperidine rings is 2. The van der Waals surface area contributed by atoms with Crippen LogP contribution in [0.2, 0.25) is 0 Å². The number of halogens is 3. The van der Waals surface area contributed by atoms with E-state index in [1.165, 1.54) is 20.8 Å². The summed E-state index contributed by atoms with van der Waals surface area (Å²) in [5.41, 5.74) is -1.04. The first-order valence-corrected chi connectivity index (χ1v) is 12.6. The number of carbonyl (C=O) groups excluding carboxylic acids is 3. The van der Waals surface area contributed by atoms with Gasteiger partial charge in [-0.3, -0.25) is 14.4 Å². The predicted molar refractivity (Wildman–Crippen MR) is 125 cm³/mol. The molecular formula is C24H37F3N6O3. The van der Waals surface area contributed by atoms with Crippen molar-refractivity contribution in [3.8, 4) is 6.07 Å². The summed E-state index contributed by atoms with van der Waals surface area (Å²) in [6, 6.07) is -1.08. The van der Waals surface area contributed by atoms with E-state index >= 15 is 0 Å². The zero-order chi connectivity index (χ0) is 26.7. The van der Waals surface area contributed by atoms with Crippen molar-refractivity contribution in [1.29, 1.82) is 5.26 Å². The molecule has 0 aromatic rings. The minimum absolute atomic E-state index is 0.0922. The summed E-state index contributed by atoms with van der Waals surface area (Å²) in [6.45, 7) is 7.72. The Balaban J connectivity index is 1.71. The van der Waals surface area contributed by atoms with E-state index in [1.807, 2.05) is 0 Å². The van der Waals surface area contributed by atoms with E-state index in [0.717, 1.165) is 38.9 Å². The molecule has 0 aromatic heterocycles. The van der Waals surface area contributed by atoms with Crippen LogP contribution >= 0.6 is 0 Å². The lowest BCUT2D eigenvalue weighted by Gasteiger charge is -2.43. The molecule has 0 radical (unpaired) electrons. The molecule has 1 saturated carbocycles. The Kier molecular flexibility index (Phi) is 8.88. The zero-order valence-corrected chi connectivity index (χ0v) is 21.0. The molecule has 2 aliphatic heterocycles. The molecule has 202 valence electrons. The van der Waals surface area contributed by atoms with E-state index in [-0.39, 0.29) is 17.8 Å². The first kappa shape index (κ1) is 28.2. The highest BCUT2D eigenvalue weighted by molar-refractivity contribution is 5.93. The molecule has 3 fully saturated rings. The number of hydrogen-bond acceptors (Lipinski definition) is 6. The van der Waals surface area contributed by atoms with Crippen LogP contribution in [0, 0.1) is 40.4 Å². The van der Waals surface area contributed by atoms with Gasteiger partial charge in [-0.25, -0.2) is 0 Å². The van der Waals surface area contributed by atoms with Crippen LogP contribution in [0.25, 0.3) is 0 Å². The van der Waals surface area contributed by atoms with E-state index < -0.39 is 47.4 Å². The average Bonchev–Trinajstić information content (AvgIpc) is 3.62. The van der Waals surface area contributed by atoms with Crippen LogP contribution in [0.4, 0.5) is 13.2 Å². The van der Waals surface area contributed by atoms with E-state index in [4.69, 9.17) is 0 Å². The van der Waals surface area contributed by atoms with Crippen molar-refractivity contribution in [1.82, 2.24) is 26.6 Å². The first-order chi connectivity index (χ1) is 16.8. The number of rotatable bonds is 8. The van der Waals surface area contributed by atoms with Crippen molar-refractivity contribution in [3.05, 3.63) is 0 Å². The number of alkyl halides is 3. The van der Waals surface area contributed by atoms with Gasteiger partial charge in [-0.2, -0.15) is 18.4 Å². The van der Waals surface area contributed by atoms with Gasteiger partial charge in [-0.05, 0) is 55.6 Å². The quantitative estimate of drug-likeness (QED) is 0.326. The Morgan fingerprint density at radius 3 is 2.22 bits per heavy atom. The maximum Gasteiger partial charge on any atom is 0.471 e. The van der Waals surface area contributed by atoms with Crippen molar-refractivity contribution in [2.45, 2.75) is 70.8 Å². The third-order valence-corrected chi connectivity index (χ3v) is 7.43. The van der Waals surface area contributed by atoms with Crippen LogP contribution in [0.1, 0.15) is 46.5 Å². The van der Waals surface area contributed by atoms with Crippen molar-refractivity contribution in [2.24, 2.45) is 29.1 Å². The second-order valence-corrected chi connectivity index (χ2v) is 11.4. The summed E-state index contributed by atoms with van der Waals surface area (Å²) in [4.78, 5) is 37.9. The molecule has 3 aliphatic rings. The second-order valence-electron chi connectivity index (χ2n) is 11.4. The Morgan fingerprint density at radius 1 is 0.972 bits per heavy atom. The molecule has 5 N–H and O–H groups in total. The number of nitrogens with zero attached hydrogens (tertiary/aromatic N) is 1. The third-order valence-electron chi connectivity index (χ3n) is 7.43. The predicted octanol–water partition coefficient (Wildman–Crippen LogP) is 0.818. The van der Waals surface area contributed by atoms with E-state index in [1.54, 1.807) is 5.32 Å². The average molecular weight is 515 g/mol. The lowest BCUT2D eigenvalue weighted by Crippen LogP contribution is -2.61. The summed E-state index contributed by atoms with van der Waals surface area (Å²) in [5.74, 6) is -2.87. The zero-order valence-electron chi connectivity index (χ0n) is 21.0. The molecule has 3 rings (SSSR count). The second kappa shape index (κ2) is 11.3. The number of carbonyl (C=O) groups is 3. The molecule has 6 unspecified atom stereocenters. The molecule has 36 heavy (non-hydrogen) atoms. The van der Waals surface area contributed by atoms with E-state index in [9.17, 15) is 32.8 Å². The van der Waals surface area contributed by atoms with Crippen LogP contribution in [0.3, 0.4) is 0 Å². The summed E-state index contributed by atoms with van der Waals surface area (Å²) in [5, 5.41) is 23.7. The SMILES string of the molecule is CC(C)(C)C(NC(=O)C(F)(F)F)C(=O)NC(CC1CC1)C(=O)NC(C#N)C1CNCC2CNCCC21. The molecule has 12 heteroatoms. The number of fused-ring (bicyclic) bond motifs is 1. The number of nitriles is 1. The molecular weight excluding hydrogens is 477 g/mol. The molecule has 1 aliphatic carbocycles. The Hall–Kier alpha value is -2.39. The molecule has 0 bridgehead atoms. The third kappa shape index (κ3) is 7.32. The maximum absolute atomic E-state index is 13.3. The van der Waals surface area contributed by atoms with Gasteiger partial charge in [-0.15, -0.1) is 0 Å². The number of nitrogens with one attached hydrogen (secondary N) is 5. The van der Waals surface area contributed by atoms with Gasteiger partial charge in [0.15, 0.2) is 0 Å². The summed E-state index contributed by atoms with van der Waals surface area (Å²) in [6.07, 6.45) is -2.15. The van der Waals surface area contributed by atoms with Crippen molar-refractivity contribution in [2.75, 3.05) is 26.2 Å². The molecule has 6 atom stereocenters. The van der Waals surface area contributed by atoms with Crippen molar-refractivity contribution < 1.29 is 27.6 Å². The smallest absolute Gasteiger partial charge is 0.342 e. The Labute approximate surface area is 209 Å². The van der Waals surface area contributed by atoms with Gasteiger partial charge in [-0.1, -0.05) is 33.6 Å². The van der Waals surface area contributed by atoms with Gasteiger partial charge in [0, 0.05) is 12.5 Å². The first-order valence-electron chi connectivity index (χ1n) is 12.6. The highest BCUT2D eigenvalue weighted by atomic mass is 19.4. The fraction of sp³-hybridized carbons (Fsp3) is 0.833. The molecule has 2 heterocycles. The lowest BCUT2D eigenvalue weighted by molar-refractivity contribution is -0.175. The minimum Gasteiger partial charge on any atom is -0.342 e. The van der Waals surface area contributed by atoms with Crippen LogP contribution in [-0.4, -0.2) is 68.2 Å². The molecule has 0 aromatic carbocycles. The molecule has 9 nitrogen and oxygen atoms in total. The van der Waals surface area contributed by atoms with Crippen molar-refractivity contribution in [3.63, 3.8) is 0 Å². The van der Waals surface area contributed by atoms with Crippen LogP contribution in [0.5, 0.6) is 0 Å². The highest BCUT2D eigenvalue weighted by Gasteiger charge is 2.45. The normalized spacial score (nSPS) is 27.0. The summed E-state index contributed by atoms with van der Waals surface area (Å²) >= 11 is 0. The molecule has 3 amide bonds. The largest absolute Gasteiger partial charge is 0.471 e. The Bertz CT molecular complexity index is 863. The van der Waals surface area contributed by atoms with Crippen LogP contribution in [0.15, 0.2) is 0 Å². The fourth-order valence-corrected chi connectivity index (χ4v) is 5.23. The Morgan fingerprint density at radius 2 is 1.64 bits per heavy atom. The van der Waals surface area contributed by atoms with Crippen molar-refractivity contribution >= 4 is 17.7 Å². The highest BCUT2D eigenvalue weighted by Crippen LogP contribution is 2.35. The van der Waals surface area contributed by atoms with E-state index in [2.05, 4.69) is 27.3 Å². The summed E-state index contributed by atoms with van der Waals surface area (Å²) < 4.78 is 38.6. The minimum atomic E-state index is -5.14. The lowest BCUT2D eigenvalue weighted by atomic mass is 9.72. The van der Waals surface area contributed by atoms with Gasteiger partial charge < -0.3 is 26.6 Å². The fourth-order valence-electron chi connectivity index (χ4n) is 5.23. The number of hydrogen-bond donors (Lipinski definition) is 5. The number of amides is 3. The maximum atomic E-state index is 13.3. The van der Waals surface area contributed by atoms with Gasteiger partial charge in [0.05, 0.1) is 6.07 Å². The van der Waals surface area contributed by atoms with Gasteiger partial charge in [0.1, 0.15) is 18.1 Å². The van der Waals surface area contributed by atoms with Gasteiger partial charge in [0.25, 0.3) is 0 Å². The summed E-state index contributed by atoms with van der Waals surface area (Å²) in [7, 11) is 0. The van der Waals surface area contributed by atoms with Crippen LogP contribution in [-0.2, 0) is 14.4 Å². The molecule has 2 saturated heterocycles. The van der Waals surface area contributed by atoms with Gasteiger partial charge >= 0.3 is 12.1 Å². The standard InChI is InChI=1S/C24H37F3N6O3/c1-23(2,3)19(33-22(36)24(25,26)27)21(35)31-17(8-13-4-5-13)20(34)32-18(9-28)16-12-30-11-14-10-29-7-6-15(14)16/h13-19,29-30H,4-8,10-12H2,1-3H3,(H,31,35)(H,32,34)(H,33,36). The van der Waals surface area contributed by atoms with E-state index in [0.29, 0.717) is 18.9 Å². The monoisotopic (exact) mass is 514 g/mol.